The molecule has 1 rings (SSSR count). The first-order valence-electron chi connectivity index (χ1n) is 2.76. The molecule has 1 heterocycles. The number of rotatable bonds is 1. The highest BCUT2D eigenvalue weighted by atomic mass is 32.2. The highest BCUT2D eigenvalue weighted by Crippen LogP contribution is 1.91. The molecule has 66 valence electrons. The lowest BCUT2D eigenvalue weighted by atomic mass is 10.7. The monoisotopic (exact) mass is 191 g/mol. The first kappa shape index (κ1) is 8.68. The summed E-state index contributed by atoms with van der Waals surface area (Å²) in [5, 5.41) is 4.64. The molecule has 1 aromatic heterocycles. The summed E-state index contributed by atoms with van der Waals surface area (Å²) in [6.45, 7) is 0. The first-order chi connectivity index (χ1) is 5.41. The van der Waals surface area contributed by atoms with Gasteiger partial charge in [-0.05, 0) is 0 Å². The Hall–Kier alpha value is -1.41. The molecule has 0 amide bonds. The Labute approximate surface area is 66.3 Å². The zero-order valence-electron chi connectivity index (χ0n) is 5.70. The number of aromatic amines is 2. The van der Waals surface area contributed by atoms with Crippen molar-refractivity contribution < 1.29 is 8.42 Å². The quantitative estimate of drug-likeness (QED) is 0.461. The van der Waals surface area contributed by atoms with E-state index in [2.05, 4.69) is 5.14 Å². The maximum atomic E-state index is 10.8. The average Bonchev–Trinajstić information content (AvgIpc) is 1.83. The van der Waals surface area contributed by atoms with Gasteiger partial charge < -0.3 is 4.98 Å². The van der Waals surface area contributed by atoms with Crippen LogP contribution in [0.4, 0.5) is 0 Å². The van der Waals surface area contributed by atoms with E-state index in [0.717, 1.165) is 6.20 Å². The fourth-order valence-electron chi connectivity index (χ4n) is 0.609. The molecule has 7 nitrogen and oxygen atoms in total. The maximum absolute atomic E-state index is 10.8. The summed E-state index contributed by atoms with van der Waals surface area (Å²) in [6.07, 6.45) is 0.747. The molecule has 0 fully saturated rings. The van der Waals surface area contributed by atoms with Crippen molar-refractivity contribution in [2.24, 2.45) is 5.14 Å². The summed E-state index contributed by atoms with van der Waals surface area (Å²) in [5.74, 6) is 0. The Morgan fingerprint density at radius 3 is 2.33 bits per heavy atom. The van der Waals surface area contributed by atoms with Gasteiger partial charge in [-0.3, -0.25) is 9.78 Å². The zero-order valence-corrected chi connectivity index (χ0v) is 6.51. The van der Waals surface area contributed by atoms with Gasteiger partial charge in [-0.25, -0.2) is 18.4 Å². The van der Waals surface area contributed by atoms with Crippen molar-refractivity contribution in [3.05, 3.63) is 27.0 Å². The van der Waals surface area contributed by atoms with E-state index >= 15 is 0 Å². The molecule has 0 aliphatic carbocycles. The topological polar surface area (TPSA) is 126 Å². The van der Waals surface area contributed by atoms with Gasteiger partial charge in [-0.1, -0.05) is 0 Å². The van der Waals surface area contributed by atoms with Gasteiger partial charge in [0.15, 0.2) is 4.90 Å². The normalized spacial score (nSPS) is 11.4. The molecule has 4 N–H and O–H groups in total. The van der Waals surface area contributed by atoms with Crippen molar-refractivity contribution in [2.75, 3.05) is 0 Å². The Bertz CT molecular complexity index is 496. The van der Waals surface area contributed by atoms with Crippen molar-refractivity contribution in [1.29, 1.82) is 0 Å². The molecule has 8 heteroatoms. The number of aromatic nitrogens is 2. The van der Waals surface area contributed by atoms with Crippen LogP contribution in [0.5, 0.6) is 0 Å². The Morgan fingerprint density at radius 1 is 1.33 bits per heavy atom. The van der Waals surface area contributed by atoms with Crippen molar-refractivity contribution in [3.8, 4) is 0 Å². The van der Waals surface area contributed by atoms with Gasteiger partial charge in [0.05, 0.1) is 0 Å². The minimum absolute atomic E-state index is 0.665. The third kappa shape index (κ3) is 1.60. The Morgan fingerprint density at radius 2 is 1.92 bits per heavy atom. The van der Waals surface area contributed by atoms with Gasteiger partial charge in [0.25, 0.3) is 5.56 Å². The molecular formula is C4H5N3O4S. The molecule has 0 unspecified atom stereocenters. The predicted molar refractivity (Wildman–Crippen MR) is 39.1 cm³/mol. The summed E-state index contributed by atoms with van der Waals surface area (Å²) in [7, 11) is -4.06. The standard InChI is InChI=1S/C4H5N3O4S/c5-12(10,11)2-1-6-4(9)7-3(2)8/h1H,(H2,5,10,11)(H2,6,7,8,9). The molecule has 12 heavy (non-hydrogen) atoms. The first-order valence-corrected chi connectivity index (χ1v) is 4.31. The number of nitrogens with one attached hydrogen (secondary N) is 2. The van der Waals surface area contributed by atoms with E-state index < -0.39 is 26.2 Å². The molecular weight excluding hydrogens is 186 g/mol. The Balaban J connectivity index is 3.61. The summed E-state index contributed by atoms with van der Waals surface area (Å²) in [5.41, 5.74) is -1.81. The van der Waals surface area contributed by atoms with E-state index in [1.807, 2.05) is 4.98 Å². The fourth-order valence-corrected chi connectivity index (χ4v) is 1.14. The van der Waals surface area contributed by atoms with Gasteiger partial charge in [0.1, 0.15) is 0 Å². The lowest BCUT2D eigenvalue weighted by molar-refractivity contribution is 0.595. The summed E-state index contributed by atoms with van der Waals surface area (Å²) in [6, 6.07) is 0. The number of nitrogens with two attached hydrogens (primary N) is 1. The van der Waals surface area contributed by atoms with Crippen molar-refractivity contribution >= 4 is 10.0 Å². The van der Waals surface area contributed by atoms with Crippen molar-refractivity contribution in [1.82, 2.24) is 9.97 Å². The molecule has 0 aliphatic rings. The number of hydrogen-bond acceptors (Lipinski definition) is 4. The third-order valence-electron chi connectivity index (χ3n) is 1.09. The molecule has 0 saturated carbocycles. The second-order valence-electron chi connectivity index (χ2n) is 1.98. The number of H-pyrrole nitrogens is 2. The van der Waals surface area contributed by atoms with Gasteiger partial charge in [-0.2, -0.15) is 0 Å². The molecule has 0 aromatic carbocycles. The van der Waals surface area contributed by atoms with Crippen LogP contribution >= 0.6 is 0 Å². The minimum atomic E-state index is -4.06. The highest BCUT2D eigenvalue weighted by Gasteiger charge is 2.12. The van der Waals surface area contributed by atoms with Gasteiger partial charge in [0.2, 0.25) is 10.0 Å². The lowest BCUT2D eigenvalue weighted by Gasteiger charge is -1.92. The van der Waals surface area contributed by atoms with Crippen molar-refractivity contribution in [3.63, 3.8) is 0 Å². The maximum Gasteiger partial charge on any atom is 0.325 e. The highest BCUT2D eigenvalue weighted by molar-refractivity contribution is 7.89. The van der Waals surface area contributed by atoms with E-state index in [4.69, 9.17) is 0 Å². The largest absolute Gasteiger partial charge is 0.325 e. The van der Waals surface area contributed by atoms with Gasteiger partial charge in [0, 0.05) is 6.20 Å². The molecule has 0 bridgehead atoms. The number of sulfonamides is 1. The van der Waals surface area contributed by atoms with Crippen LogP contribution in [-0.4, -0.2) is 18.4 Å². The van der Waals surface area contributed by atoms with Crippen LogP contribution in [0.15, 0.2) is 20.7 Å². The molecule has 0 saturated heterocycles. The van der Waals surface area contributed by atoms with E-state index in [1.54, 1.807) is 4.98 Å². The van der Waals surface area contributed by atoms with E-state index in [-0.39, 0.29) is 0 Å². The zero-order chi connectivity index (χ0) is 9.35. The van der Waals surface area contributed by atoms with Crippen LogP contribution < -0.4 is 16.4 Å². The molecule has 0 atom stereocenters. The second kappa shape index (κ2) is 2.57. The summed E-state index contributed by atoms with van der Waals surface area (Å²) < 4.78 is 21.2. The van der Waals surface area contributed by atoms with Crippen molar-refractivity contribution in [2.45, 2.75) is 4.90 Å². The molecule has 0 radical (unpaired) electrons. The van der Waals surface area contributed by atoms with E-state index in [9.17, 15) is 18.0 Å². The number of primary sulfonamides is 1. The van der Waals surface area contributed by atoms with Crippen LogP contribution in [-0.2, 0) is 10.0 Å². The second-order valence-corrected chi connectivity index (χ2v) is 3.51. The Kier molecular flexibility index (Phi) is 1.86. The lowest BCUT2D eigenvalue weighted by Crippen LogP contribution is -2.29. The third-order valence-corrected chi connectivity index (χ3v) is 2.01. The van der Waals surface area contributed by atoms with Crippen LogP contribution in [0.3, 0.4) is 0 Å². The van der Waals surface area contributed by atoms with E-state index in [0.29, 0.717) is 0 Å². The van der Waals surface area contributed by atoms with Gasteiger partial charge in [-0.15, -0.1) is 0 Å². The molecule has 1 aromatic rings. The SMILES string of the molecule is NS(=O)(=O)c1c[nH]c(=O)[nH]c1=O. The van der Waals surface area contributed by atoms with Crippen LogP contribution in [0, 0.1) is 0 Å². The predicted octanol–water partition coefficient (Wildman–Crippen LogP) is -2.29. The van der Waals surface area contributed by atoms with Crippen LogP contribution in [0.1, 0.15) is 0 Å². The smallest absolute Gasteiger partial charge is 0.313 e. The fraction of sp³-hybridized carbons (Fsp3) is 0. The average molecular weight is 191 g/mol. The summed E-state index contributed by atoms with van der Waals surface area (Å²) in [4.78, 5) is 24.2. The minimum Gasteiger partial charge on any atom is -0.313 e. The summed E-state index contributed by atoms with van der Waals surface area (Å²) >= 11 is 0. The van der Waals surface area contributed by atoms with E-state index in [1.165, 1.54) is 0 Å². The van der Waals surface area contributed by atoms with Crippen LogP contribution in [0.25, 0.3) is 0 Å². The molecule has 0 aliphatic heterocycles. The molecule has 0 spiro atoms. The van der Waals surface area contributed by atoms with Crippen LogP contribution in [0.2, 0.25) is 0 Å². The number of hydrogen-bond donors (Lipinski definition) is 3. The van der Waals surface area contributed by atoms with Gasteiger partial charge >= 0.3 is 5.69 Å².